The molecule has 2 N–H and O–H groups in total. The van der Waals surface area contributed by atoms with Gasteiger partial charge in [0.1, 0.15) is 24.5 Å². The highest BCUT2D eigenvalue weighted by Gasteiger charge is 2.60. The van der Waals surface area contributed by atoms with E-state index < -0.39 is 6.23 Å². The third kappa shape index (κ3) is 2.37. The molecule has 2 fully saturated rings. The van der Waals surface area contributed by atoms with Crippen LogP contribution in [0.4, 0.5) is 4.79 Å². The van der Waals surface area contributed by atoms with E-state index in [1.54, 1.807) is 23.5 Å². The van der Waals surface area contributed by atoms with E-state index in [9.17, 15) is 4.79 Å². The number of hydrogen-bond donors (Lipinski definition) is 2. The molecular weight excluding hydrogens is 264 g/mol. The molecule has 8 nitrogen and oxygen atoms in total. The van der Waals surface area contributed by atoms with Gasteiger partial charge in [-0.2, -0.15) is 0 Å². The monoisotopic (exact) mass is 282 g/mol. The molecule has 0 aromatic carbocycles. The van der Waals surface area contributed by atoms with Gasteiger partial charge in [-0.1, -0.05) is 0 Å². The molecule has 3 aliphatic rings. The molecule has 5 atom stereocenters. The maximum atomic E-state index is 12.1. The Kier molecular flexibility index (Phi) is 3.36. The topological polar surface area (TPSA) is 89.9 Å². The van der Waals surface area contributed by atoms with Gasteiger partial charge in [-0.05, 0) is 6.08 Å². The van der Waals surface area contributed by atoms with Crippen molar-refractivity contribution in [2.45, 2.75) is 30.7 Å². The summed E-state index contributed by atoms with van der Waals surface area (Å²) in [7, 11) is 3.71. The van der Waals surface area contributed by atoms with Gasteiger partial charge in [-0.25, -0.2) is 9.79 Å². The standard InChI is InChI=1S/C12H18N4O4/c1-15(2)6-13-8-3-4-16(12(18)14-8)11-10-9(20-10)7(5-17)19-11/h3-4,6-11,17H,5H2,1-2H3,(H,14,18)/b13-6-/t7-,8?,9-,10-,11-/m1/s1. The SMILES string of the molecule is CN(C)/C=N\C1C=CN([C@@H]2O[C@H](CO)[C@H]3O[C@H]32)C(=O)N1. The number of aliphatic imine (C=N–C) groups is 1. The van der Waals surface area contributed by atoms with Crippen molar-refractivity contribution < 1.29 is 19.4 Å². The summed E-state index contributed by atoms with van der Waals surface area (Å²) in [4.78, 5) is 19.5. The molecule has 0 aromatic heterocycles. The predicted octanol–water partition coefficient (Wildman–Crippen LogP) is -1.07. The molecule has 3 rings (SSSR count). The molecule has 1 unspecified atom stereocenters. The predicted molar refractivity (Wildman–Crippen MR) is 69.9 cm³/mol. The van der Waals surface area contributed by atoms with Crippen LogP contribution in [0.25, 0.3) is 0 Å². The summed E-state index contributed by atoms with van der Waals surface area (Å²) in [6.07, 6.45) is 3.60. The van der Waals surface area contributed by atoms with Crippen LogP contribution in [0.2, 0.25) is 0 Å². The summed E-state index contributed by atoms with van der Waals surface area (Å²) >= 11 is 0. The van der Waals surface area contributed by atoms with E-state index in [0.29, 0.717) is 0 Å². The lowest BCUT2D eigenvalue weighted by atomic mass is 10.2. The smallest absolute Gasteiger partial charge is 0.325 e. The van der Waals surface area contributed by atoms with Crippen LogP contribution in [0.1, 0.15) is 0 Å². The highest BCUT2D eigenvalue weighted by atomic mass is 16.7. The first-order chi connectivity index (χ1) is 9.60. The summed E-state index contributed by atoms with van der Waals surface area (Å²) in [6, 6.07) is -0.286. The summed E-state index contributed by atoms with van der Waals surface area (Å²) < 4.78 is 11.0. The first-order valence-corrected chi connectivity index (χ1v) is 6.49. The average molecular weight is 282 g/mol. The van der Waals surface area contributed by atoms with E-state index >= 15 is 0 Å². The number of nitrogens with zero attached hydrogens (tertiary/aromatic N) is 3. The quantitative estimate of drug-likeness (QED) is 0.389. The zero-order chi connectivity index (χ0) is 14.3. The fourth-order valence-corrected chi connectivity index (χ4v) is 2.35. The van der Waals surface area contributed by atoms with Crippen molar-refractivity contribution in [1.29, 1.82) is 0 Å². The van der Waals surface area contributed by atoms with Gasteiger partial charge in [-0.3, -0.25) is 4.90 Å². The Hall–Kier alpha value is -1.64. The fraction of sp³-hybridized carbons (Fsp3) is 0.667. The number of urea groups is 1. The number of aliphatic hydroxyl groups is 1. The Labute approximate surface area is 116 Å². The number of rotatable bonds is 4. The first kappa shape index (κ1) is 13.3. The molecule has 2 amide bonds. The molecule has 0 aliphatic carbocycles. The van der Waals surface area contributed by atoms with Crippen molar-refractivity contribution in [1.82, 2.24) is 15.1 Å². The van der Waals surface area contributed by atoms with Crippen molar-refractivity contribution in [2.75, 3.05) is 20.7 Å². The first-order valence-electron chi connectivity index (χ1n) is 6.49. The van der Waals surface area contributed by atoms with Crippen molar-refractivity contribution in [3.63, 3.8) is 0 Å². The molecule has 3 heterocycles. The van der Waals surface area contributed by atoms with E-state index in [1.165, 1.54) is 4.90 Å². The number of ether oxygens (including phenoxy) is 2. The lowest BCUT2D eigenvalue weighted by Crippen LogP contribution is -2.51. The van der Waals surface area contributed by atoms with Crippen LogP contribution in [-0.4, -0.2) is 78.7 Å². The number of aliphatic hydroxyl groups excluding tert-OH is 1. The van der Waals surface area contributed by atoms with Crippen molar-refractivity contribution in [3.8, 4) is 0 Å². The van der Waals surface area contributed by atoms with Crippen molar-refractivity contribution in [2.24, 2.45) is 4.99 Å². The van der Waals surface area contributed by atoms with Gasteiger partial charge >= 0.3 is 6.03 Å². The van der Waals surface area contributed by atoms with Gasteiger partial charge < -0.3 is 24.8 Å². The Morgan fingerprint density at radius 1 is 1.50 bits per heavy atom. The molecule has 110 valence electrons. The molecule has 0 bridgehead atoms. The second-order valence-electron chi connectivity index (χ2n) is 5.18. The molecule has 20 heavy (non-hydrogen) atoms. The molecule has 3 aliphatic heterocycles. The summed E-state index contributed by atoms with van der Waals surface area (Å²) in [5.74, 6) is 0. The van der Waals surface area contributed by atoms with E-state index in [2.05, 4.69) is 10.3 Å². The van der Waals surface area contributed by atoms with Gasteiger partial charge in [0, 0.05) is 20.3 Å². The molecule has 0 saturated carbocycles. The minimum atomic E-state index is -0.479. The molecule has 8 heteroatoms. The number of hydrogen-bond acceptors (Lipinski definition) is 5. The average Bonchev–Trinajstić information content (AvgIpc) is 3.12. The zero-order valence-corrected chi connectivity index (χ0v) is 11.3. The van der Waals surface area contributed by atoms with Gasteiger partial charge in [0.15, 0.2) is 6.23 Å². The Morgan fingerprint density at radius 2 is 2.30 bits per heavy atom. The van der Waals surface area contributed by atoms with E-state index in [1.807, 2.05) is 14.1 Å². The number of amides is 2. The van der Waals surface area contributed by atoms with Gasteiger partial charge in [-0.15, -0.1) is 0 Å². The van der Waals surface area contributed by atoms with E-state index in [4.69, 9.17) is 14.6 Å². The van der Waals surface area contributed by atoms with E-state index in [-0.39, 0.29) is 37.1 Å². The van der Waals surface area contributed by atoms with E-state index in [0.717, 1.165) is 0 Å². The van der Waals surface area contributed by atoms with Crippen LogP contribution in [0.15, 0.2) is 17.3 Å². The van der Waals surface area contributed by atoms with Gasteiger partial charge in [0.25, 0.3) is 0 Å². The van der Waals surface area contributed by atoms with Crippen molar-refractivity contribution in [3.05, 3.63) is 12.3 Å². The second-order valence-corrected chi connectivity index (χ2v) is 5.18. The number of fused-ring (bicyclic) bond motifs is 1. The van der Waals surface area contributed by atoms with Gasteiger partial charge in [0.05, 0.1) is 12.9 Å². The Bertz CT molecular complexity index is 453. The second kappa shape index (κ2) is 5.04. The number of nitrogens with one attached hydrogen (secondary N) is 1. The third-order valence-electron chi connectivity index (χ3n) is 3.37. The molecule has 0 spiro atoms. The summed E-state index contributed by atoms with van der Waals surface area (Å²) in [5, 5.41) is 11.9. The molecule has 2 saturated heterocycles. The molecule has 0 aromatic rings. The zero-order valence-electron chi connectivity index (χ0n) is 11.3. The minimum Gasteiger partial charge on any atom is -0.394 e. The Morgan fingerprint density at radius 3 is 2.90 bits per heavy atom. The largest absolute Gasteiger partial charge is 0.394 e. The van der Waals surface area contributed by atoms with Crippen LogP contribution in [0.5, 0.6) is 0 Å². The lowest BCUT2D eigenvalue weighted by molar-refractivity contribution is -0.0933. The van der Waals surface area contributed by atoms with Crippen LogP contribution in [0, 0.1) is 0 Å². The maximum Gasteiger partial charge on any atom is 0.325 e. The lowest BCUT2D eigenvalue weighted by Gasteiger charge is -2.31. The molecule has 0 radical (unpaired) electrons. The summed E-state index contributed by atoms with van der Waals surface area (Å²) in [6.45, 7) is -0.105. The maximum absolute atomic E-state index is 12.1. The minimum absolute atomic E-state index is 0.101. The number of carbonyl (C=O) groups is 1. The van der Waals surface area contributed by atoms with Crippen LogP contribution >= 0.6 is 0 Å². The number of epoxide rings is 1. The highest BCUT2D eigenvalue weighted by molar-refractivity contribution is 5.77. The fourth-order valence-electron chi connectivity index (χ4n) is 2.35. The summed E-state index contributed by atoms with van der Waals surface area (Å²) in [5.41, 5.74) is 0. The Balaban J connectivity index is 1.65. The number of carbonyl (C=O) groups excluding carboxylic acids is 1. The van der Waals surface area contributed by atoms with Crippen molar-refractivity contribution >= 4 is 12.4 Å². The van der Waals surface area contributed by atoms with Crippen LogP contribution in [0.3, 0.4) is 0 Å². The molecular formula is C12H18N4O4. The normalized spacial score (nSPS) is 39.0. The third-order valence-corrected chi connectivity index (χ3v) is 3.37. The highest BCUT2D eigenvalue weighted by Crippen LogP contribution is 2.40. The van der Waals surface area contributed by atoms with Crippen LogP contribution < -0.4 is 5.32 Å². The van der Waals surface area contributed by atoms with Crippen LogP contribution in [-0.2, 0) is 9.47 Å². The van der Waals surface area contributed by atoms with Gasteiger partial charge in [0.2, 0.25) is 0 Å².